The van der Waals surface area contributed by atoms with Crippen molar-refractivity contribution in [1.29, 1.82) is 0 Å². The first kappa shape index (κ1) is 13.8. The van der Waals surface area contributed by atoms with E-state index >= 15 is 0 Å². The van der Waals surface area contributed by atoms with Crippen LogP contribution in [0.5, 0.6) is 0 Å². The summed E-state index contributed by atoms with van der Waals surface area (Å²) in [5.74, 6) is 0.597. The van der Waals surface area contributed by atoms with Crippen molar-refractivity contribution in [2.45, 2.75) is 26.2 Å². The second-order valence-corrected chi connectivity index (χ2v) is 4.43. The molecule has 1 aliphatic heterocycles. The largest absolute Gasteiger partial charge is 0.409 e. The molecular formula is C11H21N3O3. The number of hydrogen-bond acceptors (Lipinski definition) is 4. The predicted molar refractivity (Wildman–Crippen MR) is 63.7 cm³/mol. The average Bonchev–Trinajstić information content (AvgIpc) is 2.34. The lowest BCUT2D eigenvalue weighted by atomic mass is 9.89. The van der Waals surface area contributed by atoms with Crippen molar-refractivity contribution in [3.63, 3.8) is 0 Å². The fraction of sp³-hybridized carbons (Fsp3) is 0.818. The summed E-state index contributed by atoms with van der Waals surface area (Å²) in [4.78, 5) is 11.8. The lowest BCUT2D eigenvalue weighted by Gasteiger charge is -2.27. The van der Waals surface area contributed by atoms with Crippen LogP contribution in [0.4, 0.5) is 0 Å². The van der Waals surface area contributed by atoms with Gasteiger partial charge in [-0.1, -0.05) is 12.1 Å². The van der Waals surface area contributed by atoms with Gasteiger partial charge in [0.25, 0.3) is 0 Å². The lowest BCUT2D eigenvalue weighted by molar-refractivity contribution is -0.130. The smallest absolute Gasteiger partial charge is 0.223 e. The lowest BCUT2D eigenvalue weighted by Crippen LogP contribution is -2.39. The molecular weight excluding hydrogens is 222 g/mol. The number of nitrogens with two attached hydrogens (primary N) is 1. The zero-order valence-corrected chi connectivity index (χ0v) is 10.2. The second-order valence-electron chi connectivity index (χ2n) is 4.43. The Morgan fingerprint density at radius 1 is 1.65 bits per heavy atom. The summed E-state index contributed by atoms with van der Waals surface area (Å²) >= 11 is 0. The van der Waals surface area contributed by atoms with Gasteiger partial charge in [0.15, 0.2) is 0 Å². The first-order chi connectivity index (χ1) is 8.15. The zero-order valence-electron chi connectivity index (χ0n) is 10.2. The number of amidine groups is 1. The number of hydrogen-bond donors (Lipinski definition) is 3. The van der Waals surface area contributed by atoms with Crippen LogP contribution in [0.1, 0.15) is 26.2 Å². The molecule has 17 heavy (non-hydrogen) atoms. The third-order valence-electron chi connectivity index (χ3n) is 3.01. The molecule has 1 heterocycles. The molecule has 1 saturated heterocycles. The maximum Gasteiger partial charge on any atom is 0.223 e. The van der Waals surface area contributed by atoms with Crippen LogP contribution in [0.2, 0.25) is 0 Å². The monoisotopic (exact) mass is 243 g/mol. The highest BCUT2D eigenvalue weighted by Crippen LogP contribution is 2.21. The van der Waals surface area contributed by atoms with Crippen molar-refractivity contribution in [3.8, 4) is 0 Å². The Hall–Kier alpha value is -1.30. The number of oxime groups is 1. The van der Waals surface area contributed by atoms with Gasteiger partial charge in [-0.3, -0.25) is 4.79 Å². The van der Waals surface area contributed by atoms with Crippen molar-refractivity contribution < 1.29 is 14.7 Å². The summed E-state index contributed by atoms with van der Waals surface area (Å²) in [6, 6.07) is 0. The third-order valence-corrected chi connectivity index (χ3v) is 3.01. The van der Waals surface area contributed by atoms with Crippen LogP contribution in [-0.4, -0.2) is 36.7 Å². The van der Waals surface area contributed by atoms with E-state index in [-0.39, 0.29) is 23.6 Å². The van der Waals surface area contributed by atoms with Gasteiger partial charge in [0, 0.05) is 32.1 Å². The summed E-state index contributed by atoms with van der Waals surface area (Å²) in [6.45, 7) is 3.90. The van der Waals surface area contributed by atoms with E-state index in [1.165, 1.54) is 0 Å². The van der Waals surface area contributed by atoms with Crippen LogP contribution in [-0.2, 0) is 9.53 Å². The van der Waals surface area contributed by atoms with E-state index in [0.717, 1.165) is 6.42 Å². The number of amides is 1. The fourth-order valence-electron chi connectivity index (χ4n) is 1.93. The summed E-state index contributed by atoms with van der Waals surface area (Å²) in [5.41, 5.74) is 5.33. The molecule has 0 aromatic carbocycles. The molecule has 0 aliphatic carbocycles. The number of nitrogens with zero attached hydrogens (tertiary/aromatic N) is 1. The Morgan fingerprint density at radius 3 is 3.06 bits per heavy atom. The molecule has 0 radical (unpaired) electrons. The minimum absolute atomic E-state index is 0.0487. The predicted octanol–water partition coefficient (Wildman–Crippen LogP) is 0.302. The highest BCUT2D eigenvalue weighted by molar-refractivity contribution is 5.80. The molecule has 2 atom stereocenters. The maximum absolute atomic E-state index is 11.8. The molecule has 1 rings (SSSR count). The molecule has 0 spiro atoms. The normalized spacial score (nSPS) is 25.6. The van der Waals surface area contributed by atoms with Gasteiger partial charge in [-0.2, -0.15) is 0 Å². The van der Waals surface area contributed by atoms with Crippen molar-refractivity contribution in [2.24, 2.45) is 22.7 Å². The highest BCUT2D eigenvalue weighted by Gasteiger charge is 2.27. The average molecular weight is 243 g/mol. The second kappa shape index (κ2) is 7.11. The van der Waals surface area contributed by atoms with Crippen molar-refractivity contribution in [2.75, 3.05) is 19.8 Å². The van der Waals surface area contributed by atoms with Gasteiger partial charge in [-0.15, -0.1) is 0 Å². The third kappa shape index (κ3) is 4.60. The molecule has 1 fully saturated rings. The summed E-state index contributed by atoms with van der Waals surface area (Å²) < 4.78 is 5.29. The number of rotatable bonds is 5. The fourth-order valence-corrected chi connectivity index (χ4v) is 1.93. The van der Waals surface area contributed by atoms with Crippen LogP contribution in [0.15, 0.2) is 5.16 Å². The number of carbonyl (C=O) groups is 1. The molecule has 1 aliphatic rings. The van der Waals surface area contributed by atoms with E-state index in [1.807, 2.05) is 6.92 Å². The van der Waals surface area contributed by atoms with Crippen molar-refractivity contribution in [3.05, 3.63) is 0 Å². The first-order valence-corrected chi connectivity index (χ1v) is 5.97. The van der Waals surface area contributed by atoms with Gasteiger partial charge in [0.2, 0.25) is 5.91 Å². The van der Waals surface area contributed by atoms with Crippen molar-refractivity contribution >= 4 is 11.7 Å². The Bertz CT molecular complexity index is 281. The van der Waals surface area contributed by atoms with Crippen LogP contribution >= 0.6 is 0 Å². The topological polar surface area (TPSA) is 96.9 Å². The van der Waals surface area contributed by atoms with Crippen molar-refractivity contribution in [1.82, 2.24) is 5.32 Å². The van der Waals surface area contributed by atoms with Gasteiger partial charge in [0.05, 0.1) is 0 Å². The van der Waals surface area contributed by atoms with Crippen LogP contribution in [0.25, 0.3) is 0 Å². The zero-order chi connectivity index (χ0) is 12.7. The Labute approximate surface area is 101 Å². The maximum atomic E-state index is 11.8. The molecule has 6 nitrogen and oxygen atoms in total. The minimum atomic E-state index is 0.0487. The van der Waals surface area contributed by atoms with E-state index in [4.69, 9.17) is 15.7 Å². The number of carbonyl (C=O) groups excluding carboxylic acids is 1. The standard InChI is InChI=1S/C11H21N3O3/c1-8-7-17-6-4-9(8)11(15)13-5-2-3-10(12)14-16/h8-9,16H,2-7H2,1H3,(H2,12,14)(H,13,15). The summed E-state index contributed by atoms with van der Waals surface area (Å²) in [6.07, 6.45) is 1.95. The van der Waals surface area contributed by atoms with E-state index in [2.05, 4.69) is 10.5 Å². The van der Waals surface area contributed by atoms with Gasteiger partial charge >= 0.3 is 0 Å². The Balaban J connectivity index is 2.20. The highest BCUT2D eigenvalue weighted by atomic mass is 16.5. The number of nitrogens with one attached hydrogen (secondary N) is 1. The summed E-state index contributed by atoms with van der Waals surface area (Å²) in [5, 5.41) is 14.1. The molecule has 4 N–H and O–H groups in total. The van der Waals surface area contributed by atoms with Gasteiger partial charge in [0.1, 0.15) is 5.84 Å². The molecule has 0 aromatic heterocycles. The van der Waals surface area contributed by atoms with Crippen LogP contribution in [0.3, 0.4) is 0 Å². The van der Waals surface area contributed by atoms with E-state index in [0.29, 0.717) is 32.6 Å². The first-order valence-electron chi connectivity index (χ1n) is 5.97. The molecule has 98 valence electrons. The van der Waals surface area contributed by atoms with E-state index in [1.54, 1.807) is 0 Å². The minimum Gasteiger partial charge on any atom is -0.409 e. The number of ether oxygens (including phenoxy) is 1. The van der Waals surface area contributed by atoms with Gasteiger partial charge < -0.3 is 21.0 Å². The van der Waals surface area contributed by atoms with Gasteiger partial charge in [-0.25, -0.2) is 0 Å². The van der Waals surface area contributed by atoms with E-state index < -0.39 is 0 Å². The molecule has 0 aromatic rings. The van der Waals surface area contributed by atoms with Gasteiger partial charge in [-0.05, 0) is 18.8 Å². The quantitative estimate of drug-likeness (QED) is 0.213. The van der Waals surface area contributed by atoms with E-state index in [9.17, 15) is 4.79 Å². The van der Waals surface area contributed by atoms with Crippen LogP contribution < -0.4 is 11.1 Å². The molecule has 0 bridgehead atoms. The Morgan fingerprint density at radius 2 is 2.41 bits per heavy atom. The van der Waals surface area contributed by atoms with Crippen LogP contribution in [0, 0.1) is 11.8 Å². The molecule has 6 heteroatoms. The SMILES string of the molecule is CC1COCCC1C(=O)NCCCC(N)=NO. The summed E-state index contributed by atoms with van der Waals surface area (Å²) in [7, 11) is 0. The molecule has 2 unspecified atom stereocenters. The molecule has 0 saturated carbocycles. The molecule has 1 amide bonds. The Kier molecular flexibility index (Phi) is 5.76.